The Labute approximate surface area is 111 Å². The van der Waals surface area contributed by atoms with Crippen LogP contribution in [0.3, 0.4) is 0 Å². The molecule has 1 fully saturated rings. The van der Waals surface area contributed by atoms with E-state index >= 15 is 0 Å². The van der Waals surface area contributed by atoms with Crippen LogP contribution in [0.2, 0.25) is 0 Å². The van der Waals surface area contributed by atoms with E-state index in [2.05, 4.69) is 39.1 Å². The second kappa shape index (κ2) is 5.01. The summed E-state index contributed by atoms with van der Waals surface area (Å²) >= 11 is 0. The van der Waals surface area contributed by atoms with Crippen LogP contribution in [-0.2, 0) is 0 Å². The van der Waals surface area contributed by atoms with Crippen LogP contribution in [0.4, 0.5) is 0 Å². The topological polar surface area (TPSA) is 64.8 Å². The van der Waals surface area contributed by atoms with Crippen molar-refractivity contribution in [1.29, 1.82) is 0 Å². The first-order valence-corrected chi connectivity index (χ1v) is 6.73. The van der Waals surface area contributed by atoms with E-state index in [9.17, 15) is 4.79 Å². The molecule has 0 radical (unpaired) electrons. The molecule has 2 aromatic rings. The predicted octanol–water partition coefficient (Wildman–Crippen LogP) is 1.92. The Balaban J connectivity index is 1.80. The highest BCUT2D eigenvalue weighted by molar-refractivity contribution is 5.54. The van der Waals surface area contributed by atoms with Crippen molar-refractivity contribution in [2.75, 3.05) is 13.1 Å². The minimum absolute atomic E-state index is 0.274. The van der Waals surface area contributed by atoms with Gasteiger partial charge < -0.3 is 0 Å². The van der Waals surface area contributed by atoms with Gasteiger partial charge in [-0.3, -0.25) is 9.88 Å². The number of benzene rings is 1. The quantitative estimate of drug-likeness (QED) is 0.884. The van der Waals surface area contributed by atoms with Gasteiger partial charge in [0, 0.05) is 11.6 Å². The molecule has 0 saturated carbocycles. The summed E-state index contributed by atoms with van der Waals surface area (Å²) in [7, 11) is 0. The highest BCUT2D eigenvalue weighted by Gasteiger charge is 2.19. The second-order valence-corrected chi connectivity index (χ2v) is 5.07. The molecule has 5 nitrogen and oxygen atoms in total. The van der Waals surface area contributed by atoms with E-state index in [1.54, 1.807) is 0 Å². The molecule has 2 N–H and O–H groups in total. The van der Waals surface area contributed by atoms with Gasteiger partial charge in [0.25, 0.3) is 0 Å². The fourth-order valence-electron chi connectivity index (χ4n) is 2.67. The van der Waals surface area contributed by atoms with Crippen molar-refractivity contribution < 1.29 is 0 Å². The van der Waals surface area contributed by atoms with Crippen LogP contribution in [0.15, 0.2) is 29.1 Å². The fourth-order valence-corrected chi connectivity index (χ4v) is 2.67. The van der Waals surface area contributed by atoms with Crippen LogP contribution in [0, 0.1) is 0 Å². The second-order valence-electron chi connectivity index (χ2n) is 5.07. The molecule has 1 aromatic carbocycles. The Hall–Kier alpha value is -1.88. The molecule has 5 heteroatoms. The normalized spacial score (nSPS) is 17.7. The number of hydrogen-bond acceptors (Lipinski definition) is 3. The number of H-pyrrole nitrogens is 2. The summed E-state index contributed by atoms with van der Waals surface area (Å²) in [6.45, 7) is 4.63. The van der Waals surface area contributed by atoms with Crippen molar-refractivity contribution in [3.8, 4) is 11.4 Å². The Bertz CT molecular complexity index is 592. The molecular formula is C14H18N4O. The number of aromatic amines is 2. The number of hydrogen-bond donors (Lipinski definition) is 2. The molecule has 1 aliphatic heterocycles. The van der Waals surface area contributed by atoms with Crippen LogP contribution < -0.4 is 5.69 Å². The van der Waals surface area contributed by atoms with E-state index in [4.69, 9.17) is 0 Å². The van der Waals surface area contributed by atoms with Crippen LogP contribution >= 0.6 is 0 Å². The van der Waals surface area contributed by atoms with Gasteiger partial charge in [0.1, 0.15) is 0 Å². The molecular weight excluding hydrogens is 240 g/mol. The molecule has 0 aliphatic carbocycles. The van der Waals surface area contributed by atoms with Gasteiger partial charge >= 0.3 is 5.69 Å². The summed E-state index contributed by atoms with van der Waals surface area (Å²) in [5.41, 5.74) is 1.96. The van der Waals surface area contributed by atoms with Gasteiger partial charge in [-0.2, -0.15) is 5.10 Å². The maximum Gasteiger partial charge on any atom is 0.340 e. The molecule has 2 heterocycles. The van der Waals surface area contributed by atoms with Crippen molar-refractivity contribution in [1.82, 2.24) is 20.1 Å². The number of nitrogens with one attached hydrogen (secondary N) is 2. The summed E-state index contributed by atoms with van der Waals surface area (Å²) in [4.78, 5) is 16.2. The zero-order chi connectivity index (χ0) is 13.2. The molecule has 1 aliphatic rings. The molecule has 0 unspecified atom stereocenters. The first-order valence-electron chi connectivity index (χ1n) is 6.73. The monoisotopic (exact) mass is 258 g/mol. The molecule has 0 spiro atoms. The number of likely N-dealkylation sites (tertiary alicyclic amines) is 1. The van der Waals surface area contributed by atoms with E-state index in [0.717, 1.165) is 5.56 Å². The molecule has 1 saturated heterocycles. The predicted molar refractivity (Wildman–Crippen MR) is 73.9 cm³/mol. The molecule has 100 valence electrons. The summed E-state index contributed by atoms with van der Waals surface area (Å²) in [6, 6.07) is 8.70. The van der Waals surface area contributed by atoms with Crippen LogP contribution in [0.1, 0.15) is 31.4 Å². The Morgan fingerprint density at radius 3 is 2.47 bits per heavy atom. The van der Waals surface area contributed by atoms with Gasteiger partial charge in [-0.25, -0.2) is 9.89 Å². The fraction of sp³-hybridized carbons (Fsp3) is 0.429. The van der Waals surface area contributed by atoms with Gasteiger partial charge in [-0.05, 0) is 38.4 Å². The Morgan fingerprint density at radius 2 is 1.89 bits per heavy atom. The maximum atomic E-state index is 11.0. The lowest BCUT2D eigenvalue weighted by Gasteiger charge is -2.24. The van der Waals surface area contributed by atoms with Crippen molar-refractivity contribution in [2.45, 2.75) is 25.8 Å². The number of nitrogens with zero attached hydrogens (tertiary/aromatic N) is 2. The third-order valence-electron chi connectivity index (χ3n) is 3.86. The van der Waals surface area contributed by atoms with Gasteiger partial charge in [0.15, 0.2) is 5.82 Å². The largest absolute Gasteiger partial charge is 0.340 e. The van der Waals surface area contributed by atoms with Gasteiger partial charge in [0.05, 0.1) is 0 Å². The smallest absolute Gasteiger partial charge is 0.297 e. The summed E-state index contributed by atoms with van der Waals surface area (Å²) in [5.74, 6) is 0.588. The molecule has 1 aromatic heterocycles. The molecule has 1 atom stereocenters. The van der Waals surface area contributed by atoms with Crippen LogP contribution in [-0.4, -0.2) is 33.2 Å². The van der Waals surface area contributed by atoms with E-state index < -0.39 is 0 Å². The van der Waals surface area contributed by atoms with Crippen molar-refractivity contribution in [3.63, 3.8) is 0 Å². The lowest BCUT2D eigenvalue weighted by atomic mass is 10.0. The Morgan fingerprint density at radius 1 is 1.21 bits per heavy atom. The zero-order valence-electron chi connectivity index (χ0n) is 11.0. The number of rotatable bonds is 3. The molecule has 0 bridgehead atoms. The molecule has 0 amide bonds. The minimum Gasteiger partial charge on any atom is -0.297 e. The third-order valence-corrected chi connectivity index (χ3v) is 3.86. The lowest BCUT2D eigenvalue weighted by molar-refractivity contribution is 0.263. The Kier molecular flexibility index (Phi) is 3.21. The highest BCUT2D eigenvalue weighted by atomic mass is 16.1. The third kappa shape index (κ3) is 2.46. The van der Waals surface area contributed by atoms with Crippen molar-refractivity contribution in [2.24, 2.45) is 0 Å². The van der Waals surface area contributed by atoms with Crippen LogP contribution in [0.25, 0.3) is 11.4 Å². The standard InChI is InChI=1S/C14H18N4O/c1-10(18-8-2-3-9-18)11-4-6-12(7-5-11)13-15-14(19)17-16-13/h4-7,10H,2-3,8-9H2,1H3,(H2,15,16,17,19)/t10-/m0/s1. The number of aromatic nitrogens is 3. The van der Waals surface area contributed by atoms with Gasteiger partial charge in [0.2, 0.25) is 0 Å². The van der Waals surface area contributed by atoms with E-state index in [0.29, 0.717) is 11.9 Å². The lowest BCUT2D eigenvalue weighted by Crippen LogP contribution is -2.23. The summed E-state index contributed by atoms with van der Waals surface area (Å²) < 4.78 is 0. The van der Waals surface area contributed by atoms with Gasteiger partial charge in [-0.1, -0.05) is 24.3 Å². The van der Waals surface area contributed by atoms with Crippen molar-refractivity contribution >= 4 is 0 Å². The first-order chi connectivity index (χ1) is 9.24. The van der Waals surface area contributed by atoms with Crippen LogP contribution in [0.5, 0.6) is 0 Å². The average Bonchev–Trinajstić information content (AvgIpc) is 3.09. The molecule has 19 heavy (non-hydrogen) atoms. The maximum absolute atomic E-state index is 11.0. The molecule has 3 rings (SSSR count). The zero-order valence-corrected chi connectivity index (χ0v) is 11.0. The van der Waals surface area contributed by atoms with Crippen molar-refractivity contribution in [3.05, 3.63) is 40.3 Å². The summed E-state index contributed by atoms with van der Waals surface area (Å²) in [6.07, 6.45) is 2.61. The van der Waals surface area contributed by atoms with E-state index in [1.807, 2.05) is 12.1 Å². The highest BCUT2D eigenvalue weighted by Crippen LogP contribution is 2.25. The van der Waals surface area contributed by atoms with E-state index in [-0.39, 0.29) is 5.69 Å². The van der Waals surface area contributed by atoms with E-state index in [1.165, 1.54) is 31.5 Å². The first kappa shape index (κ1) is 12.2. The minimum atomic E-state index is -0.274. The van der Waals surface area contributed by atoms with Gasteiger partial charge in [-0.15, -0.1) is 0 Å². The average molecular weight is 258 g/mol. The SMILES string of the molecule is C[C@@H](c1ccc(-c2n[nH]c(=O)[nH]2)cc1)N1CCCC1. The summed E-state index contributed by atoms with van der Waals surface area (Å²) in [5, 5.41) is 6.31.